The van der Waals surface area contributed by atoms with E-state index in [1.54, 1.807) is 0 Å². The van der Waals surface area contributed by atoms with Gasteiger partial charge in [-0.1, -0.05) is 13.8 Å². The predicted octanol–water partition coefficient (Wildman–Crippen LogP) is 2.23. The molecule has 0 aromatic heterocycles. The second kappa shape index (κ2) is 6.10. The highest BCUT2D eigenvalue weighted by Gasteiger charge is 2.59. The number of hydrogen-bond donors (Lipinski definition) is 2. The maximum absolute atomic E-state index is 12.4. The molecule has 0 aromatic carbocycles. The smallest absolute Gasteiger partial charge is 0.302 e. The molecule has 0 spiro atoms. The van der Waals surface area contributed by atoms with Crippen molar-refractivity contribution < 1.29 is 24.5 Å². The molecule has 3 saturated carbocycles. The van der Waals surface area contributed by atoms with Gasteiger partial charge in [-0.15, -0.1) is 0 Å². The highest BCUT2D eigenvalue weighted by Crippen LogP contribution is 2.58. The van der Waals surface area contributed by atoms with Gasteiger partial charge in [0.15, 0.2) is 0 Å². The van der Waals surface area contributed by atoms with E-state index in [9.17, 15) is 19.8 Å². The van der Waals surface area contributed by atoms with E-state index in [1.807, 2.05) is 6.92 Å². The van der Waals surface area contributed by atoms with Gasteiger partial charge in [0.2, 0.25) is 0 Å². The fourth-order valence-corrected chi connectivity index (χ4v) is 5.63. The summed E-state index contributed by atoms with van der Waals surface area (Å²) in [5.74, 6) is 0.0480. The number of carbonyl (C=O) groups excluding carboxylic acids is 2. The fourth-order valence-electron chi connectivity index (χ4n) is 5.63. The van der Waals surface area contributed by atoms with E-state index in [4.69, 9.17) is 4.74 Å². The highest BCUT2D eigenvalue weighted by atomic mass is 16.5. The summed E-state index contributed by atoms with van der Waals surface area (Å²) in [7, 11) is 0. The highest BCUT2D eigenvalue weighted by molar-refractivity contribution is 5.87. The standard InChI is InChI=1S/C19H30O5/c1-11(20)24-17-13-4-5-15(22)18(13,2)9-7-14(17)19(3)8-6-12(21)10-16(19)23/h12-14,16-17,21,23H,4-10H2,1-3H3/t12-,13?,14?,16-,17-,18-,19+/m0/s1. The molecule has 0 radical (unpaired) electrons. The van der Waals surface area contributed by atoms with Crippen molar-refractivity contribution in [2.75, 3.05) is 0 Å². The first-order chi connectivity index (χ1) is 11.2. The number of esters is 1. The van der Waals surface area contributed by atoms with Gasteiger partial charge in [0, 0.05) is 36.0 Å². The van der Waals surface area contributed by atoms with Crippen LogP contribution < -0.4 is 0 Å². The third-order valence-electron chi connectivity index (χ3n) is 7.33. The normalized spacial score (nSPS) is 48.9. The molecule has 0 amide bonds. The summed E-state index contributed by atoms with van der Waals surface area (Å²) < 4.78 is 5.76. The quantitative estimate of drug-likeness (QED) is 0.754. The van der Waals surface area contributed by atoms with Gasteiger partial charge in [0.05, 0.1) is 12.2 Å². The minimum atomic E-state index is -0.606. The third kappa shape index (κ3) is 2.70. The van der Waals surface area contributed by atoms with Crippen molar-refractivity contribution in [3.05, 3.63) is 0 Å². The number of ether oxygens (including phenoxy) is 1. The van der Waals surface area contributed by atoms with E-state index in [0.29, 0.717) is 19.3 Å². The van der Waals surface area contributed by atoms with Crippen molar-refractivity contribution in [3.8, 4) is 0 Å². The van der Waals surface area contributed by atoms with Gasteiger partial charge in [0.25, 0.3) is 0 Å². The van der Waals surface area contributed by atoms with Crippen molar-refractivity contribution in [1.82, 2.24) is 0 Å². The van der Waals surface area contributed by atoms with Crippen molar-refractivity contribution in [2.45, 2.75) is 84.0 Å². The molecule has 0 aromatic rings. The molecular formula is C19H30O5. The van der Waals surface area contributed by atoms with Gasteiger partial charge in [-0.3, -0.25) is 9.59 Å². The summed E-state index contributed by atoms with van der Waals surface area (Å²) in [6.07, 6.45) is 3.27. The second-order valence-corrected chi connectivity index (χ2v) is 8.65. The largest absolute Gasteiger partial charge is 0.462 e. The summed E-state index contributed by atoms with van der Waals surface area (Å²) in [5.41, 5.74) is -0.779. The van der Waals surface area contributed by atoms with Gasteiger partial charge in [-0.25, -0.2) is 0 Å². The Balaban J connectivity index is 1.92. The van der Waals surface area contributed by atoms with Crippen LogP contribution in [0.2, 0.25) is 0 Å². The zero-order chi connectivity index (χ0) is 17.7. The van der Waals surface area contributed by atoms with Crippen molar-refractivity contribution in [1.29, 1.82) is 0 Å². The molecule has 5 nitrogen and oxygen atoms in total. The van der Waals surface area contributed by atoms with Crippen molar-refractivity contribution in [3.63, 3.8) is 0 Å². The molecule has 2 N–H and O–H groups in total. The Bertz CT molecular complexity index is 532. The van der Waals surface area contributed by atoms with E-state index in [1.165, 1.54) is 6.92 Å². The Kier molecular flexibility index (Phi) is 4.54. The SMILES string of the molecule is CC(=O)O[C@H]1C2CCC(=O)[C@@]2(C)CCC1[C@@]1(C)CC[C@H](O)C[C@@H]1O. The average molecular weight is 338 g/mol. The Hall–Kier alpha value is -0.940. The maximum Gasteiger partial charge on any atom is 0.302 e. The molecule has 0 bridgehead atoms. The molecule has 2 unspecified atom stereocenters. The van der Waals surface area contributed by atoms with Crippen LogP contribution in [0, 0.1) is 22.7 Å². The molecule has 0 heterocycles. The molecular weight excluding hydrogens is 308 g/mol. The lowest BCUT2D eigenvalue weighted by molar-refractivity contribution is -0.182. The summed E-state index contributed by atoms with van der Waals surface area (Å²) in [4.78, 5) is 24.2. The number of hydrogen-bond acceptors (Lipinski definition) is 5. The number of aliphatic hydroxyl groups excluding tert-OH is 2. The van der Waals surface area contributed by atoms with Crippen LogP contribution in [0.4, 0.5) is 0 Å². The van der Waals surface area contributed by atoms with E-state index < -0.39 is 17.6 Å². The molecule has 3 aliphatic carbocycles. The molecule has 7 atom stereocenters. The number of aliphatic hydroxyl groups is 2. The van der Waals surface area contributed by atoms with Crippen LogP contribution in [-0.2, 0) is 14.3 Å². The lowest BCUT2D eigenvalue weighted by Gasteiger charge is -2.54. The van der Waals surface area contributed by atoms with Crippen LogP contribution in [0.15, 0.2) is 0 Å². The lowest BCUT2D eigenvalue weighted by Crippen LogP contribution is -2.56. The van der Waals surface area contributed by atoms with Gasteiger partial charge >= 0.3 is 5.97 Å². The maximum atomic E-state index is 12.4. The summed E-state index contributed by atoms with van der Waals surface area (Å²) in [5, 5.41) is 20.5. The van der Waals surface area contributed by atoms with E-state index >= 15 is 0 Å². The first-order valence-corrected chi connectivity index (χ1v) is 9.25. The number of carbonyl (C=O) groups is 2. The fraction of sp³-hybridized carbons (Fsp3) is 0.895. The number of rotatable bonds is 2. The Morgan fingerprint density at radius 3 is 2.46 bits per heavy atom. The van der Waals surface area contributed by atoms with E-state index in [-0.39, 0.29) is 35.1 Å². The minimum Gasteiger partial charge on any atom is -0.462 e. The molecule has 3 rings (SSSR count). The Morgan fingerprint density at radius 1 is 1.12 bits per heavy atom. The molecule has 3 fully saturated rings. The Morgan fingerprint density at radius 2 is 1.83 bits per heavy atom. The topological polar surface area (TPSA) is 83.8 Å². The molecule has 3 aliphatic rings. The average Bonchev–Trinajstić information content (AvgIpc) is 2.79. The predicted molar refractivity (Wildman–Crippen MR) is 88.1 cm³/mol. The van der Waals surface area contributed by atoms with Crippen molar-refractivity contribution >= 4 is 11.8 Å². The minimum absolute atomic E-state index is 0.0351. The second-order valence-electron chi connectivity index (χ2n) is 8.65. The lowest BCUT2D eigenvalue weighted by atomic mass is 9.54. The van der Waals surface area contributed by atoms with Crippen LogP contribution in [0.5, 0.6) is 0 Å². The zero-order valence-electron chi connectivity index (χ0n) is 15.0. The zero-order valence-corrected chi connectivity index (χ0v) is 15.0. The monoisotopic (exact) mass is 338 g/mol. The molecule has 0 saturated heterocycles. The van der Waals surface area contributed by atoms with Crippen LogP contribution in [0.1, 0.15) is 65.7 Å². The van der Waals surface area contributed by atoms with Crippen LogP contribution in [0.3, 0.4) is 0 Å². The summed E-state index contributed by atoms with van der Waals surface area (Å²) >= 11 is 0. The van der Waals surface area contributed by atoms with Gasteiger partial charge in [-0.2, -0.15) is 0 Å². The van der Waals surface area contributed by atoms with Crippen LogP contribution in [0.25, 0.3) is 0 Å². The van der Waals surface area contributed by atoms with Crippen LogP contribution >= 0.6 is 0 Å². The van der Waals surface area contributed by atoms with Gasteiger partial charge in [0.1, 0.15) is 11.9 Å². The van der Waals surface area contributed by atoms with Gasteiger partial charge < -0.3 is 14.9 Å². The van der Waals surface area contributed by atoms with Crippen molar-refractivity contribution in [2.24, 2.45) is 22.7 Å². The molecule has 24 heavy (non-hydrogen) atoms. The first kappa shape index (κ1) is 17.9. The van der Waals surface area contributed by atoms with Gasteiger partial charge in [-0.05, 0) is 38.5 Å². The number of ketones is 1. The summed E-state index contributed by atoms with van der Waals surface area (Å²) in [6.45, 7) is 5.50. The molecule has 0 aliphatic heterocycles. The molecule has 136 valence electrons. The third-order valence-corrected chi connectivity index (χ3v) is 7.33. The number of fused-ring (bicyclic) bond motifs is 1. The first-order valence-electron chi connectivity index (χ1n) is 9.25. The number of Topliss-reactive ketones (excluding diaryl/α,β-unsaturated/α-hetero) is 1. The van der Waals surface area contributed by atoms with E-state index in [0.717, 1.165) is 25.7 Å². The van der Waals surface area contributed by atoms with E-state index in [2.05, 4.69) is 6.92 Å². The summed E-state index contributed by atoms with van der Waals surface area (Å²) in [6, 6.07) is 0. The van der Waals surface area contributed by atoms with Crippen LogP contribution in [-0.4, -0.2) is 40.3 Å². The molecule has 5 heteroatoms. The Labute approximate surface area is 143 Å².